The molecule has 0 amide bonds. The molecule has 0 spiro atoms. The van der Waals surface area contributed by atoms with Gasteiger partial charge in [-0.15, -0.1) is 0 Å². The molecule has 0 aromatic rings. The molecule has 0 aliphatic heterocycles. The van der Waals surface area contributed by atoms with E-state index in [1.807, 2.05) is 0 Å². The van der Waals surface area contributed by atoms with E-state index in [2.05, 4.69) is 49.4 Å². The summed E-state index contributed by atoms with van der Waals surface area (Å²) in [6.07, 6.45) is 0. The van der Waals surface area contributed by atoms with Crippen LogP contribution in [-0.4, -0.2) is 54.5 Å². The SMILES string of the molecule is CCN(CC)C(N)=NCC(C)N(CC)CC. The first-order valence-electron chi connectivity index (χ1n) is 6.39. The van der Waals surface area contributed by atoms with E-state index in [1.54, 1.807) is 0 Å². The van der Waals surface area contributed by atoms with E-state index in [0.717, 1.165) is 32.7 Å². The fourth-order valence-electron chi connectivity index (χ4n) is 1.84. The van der Waals surface area contributed by atoms with Gasteiger partial charge in [0, 0.05) is 19.1 Å². The summed E-state index contributed by atoms with van der Waals surface area (Å²) >= 11 is 0. The van der Waals surface area contributed by atoms with Crippen molar-refractivity contribution in [3.05, 3.63) is 0 Å². The zero-order valence-electron chi connectivity index (χ0n) is 11.5. The van der Waals surface area contributed by atoms with Gasteiger partial charge in [-0.05, 0) is 33.9 Å². The molecule has 0 bridgehead atoms. The average Bonchev–Trinajstić information content (AvgIpc) is 2.29. The lowest BCUT2D eigenvalue weighted by Crippen LogP contribution is -2.39. The highest BCUT2D eigenvalue weighted by molar-refractivity contribution is 5.78. The molecule has 0 aliphatic carbocycles. The minimum atomic E-state index is 0.462. The molecule has 4 nitrogen and oxygen atoms in total. The lowest BCUT2D eigenvalue weighted by atomic mass is 10.3. The highest BCUT2D eigenvalue weighted by Gasteiger charge is 2.09. The highest BCUT2D eigenvalue weighted by atomic mass is 15.3. The monoisotopic (exact) mass is 228 g/mol. The van der Waals surface area contributed by atoms with Crippen LogP contribution < -0.4 is 5.73 Å². The maximum Gasteiger partial charge on any atom is 0.191 e. The summed E-state index contributed by atoms with van der Waals surface area (Å²) in [7, 11) is 0. The molecule has 0 saturated carbocycles. The van der Waals surface area contributed by atoms with E-state index in [1.165, 1.54) is 0 Å². The number of hydrogen-bond acceptors (Lipinski definition) is 2. The summed E-state index contributed by atoms with van der Waals surface area (Å²) < 4.78 is 0. The van der Waals surface area contributed by atoms with Crippen LogP contribution in [0.15, 0.2) is 4.99 Å². The summed E-state index contributed by atoms with van der Waals surface area (Å²) in [6.45, 7) is 15.5. The van der Waals surface area contributed by atoms with Gasteiger partial charge in [-0.3, -0.25) is 9.89 Å². The van der Waals surface area contributed by atoms with Crippen molar-refractivity contribution in [1.29, 1.82) is 0 Å². The van der Waals surface area contributed by atoms with E-state index < -0.39 is 0 Å². The second kappa shape index (κ2) is 8.39. The van der Waals surface area contributed by atoms with Crippen LogP contribution in [0.1, 0.15) is 34.6 Å². The van der Waals surface area contributed by atoms with E-state index in [4.69, 9.17) is 5.73 Å². The number of hydrogen-bond donors (Lipinski definition) is 1. The Kier molecular flexibility index (Phi) is 7.99. The van der Waals surface area contributed by atoms with E-state index in [-0.39, 0.29) is 0 Å². The minimum Gasteiger partial charge on any atom is -0.370 e. The number of likely N-dealkylation sites (N-methyl/N-ethyl adjacent to an activating group) is 1. The third-order valence-electron chi connectivity index (χ3n) is 3.04. The van der Waals surface area contributed by atoms with Crippen molar-refractivity contribution in [2.24, 2.45) is 10.7 Å². The Labute approximate surface area is 101 Å². The smallest absolute Gasteiger partial charge is 0.191 e. The Morgan fingerprint density at radius 1 is 1.06 bits per heavy atom. The molecule has 2 N–H and O–H groups in total. The van der Waals surface area contributed by atoms with Crippen molar-refractivity contribution in [3.8, 4) is 0 Å². The molecule has 16 heavy (non-hydrogen) atoms. The molecule has 0 aromatic carbocycles. The fraction of sp³-hybridized carbons (Fsp3) is 0.917. The fourth-order valence-corrected chi connectivity index (χ4v) is 1.84. The Balaban J connectivity index is 4.23. The summed E-state index contributed by atoms with van der Waals surface area (Å²) in [5, 5.41) is 0. The molecule has 0 aromatic heterocycles. The first-order valence-corrected chi connectivity index (χ1v) is 6.39. The first kappa shape index (κ1) is 15.2. The Bertz CT molecular complexity index is 195. The summed E-state index contributed by atoms with van der Waals surface area (Å²) in [5.74, 6) is 0.670. The van der Waals surface area contributed by atoms with Crippen LogP contribution in [0.4, 0.5) is 0 Å². The van der Waals surface area contributed by atoms with Gasteiger partial charge in [0.2, 0.25) is 0 Å². The topological polar surface area (TPSA) is 44.9 Å². The van der Waals surface area contributed by atoms with Crippen molar-refractivity contribution in [2.45, 2.75) is 40.7 Å². The first-order chi connectivity index (χ1) is 7.60. The molecule has 1 atom stereocenters. The second-order valence-electron chi connectivity index (χ2n) is 3.94. The van der Waals surface area contributed by atoms with Crippen molar-refractivity contribution in [1.82, 2.24) is 9.80 Å². The van der Waals surface area contributed by atoms with Crippen LogP contribution in [0, 0.1) is 0 Å². The van der Waals surface area contributed by atoms with Gasteiger partial charge in [0.15, 0.2) is 5.96 Å². The quantitative estimate of drug-likeness (QED) is 0.529. The van der Waals surface area contributed by atoms with Crippen molar-refractivity contribution >= 4 is 5.96 Å². The standard InChI is InChI=1S/C12H28N4/c1-6-15(7-2)11(5)10-14-12(13)16(8-3)9-4/h11H,6-10H2,1-5H3,(H2,13,14). The van der Waals surface area contributed by atoms with Crippen LogP contribution in [0.5, 0.6) is 0 Å². The molecule has 0 aliphatic rings. The van der Waals surface area contributed by atoms with Gasteiger partial charge in [-0.2, -0.15) is 0 Å². The molecule has 0 rings (SSSR count). The zero-order chi connectivity index (χ0) is 12.6. The van der Waals surface area contributed by atoms with Gasteiger partial charge in [-0.1, -0.05) is 13.8 Å². The van der Waals surface area contributed by atoms with Crippen molar-refractivity contribution < 1.29 is 0 Å². The largest absolute Gasteiger partial charge is 0.370 e. The van der Waals surface area contributed by atoms with Crippen molar-refractivity contribution in [3.63, 3.8) is 0 Å². The normalized spacial score (nSPS) is 14.2. The van der Waals surface area contributed by atoms with Gasteiger partial charge in [0.1, 0.15) is 0 Å². The Morgan fingerprint density at radius 2 is 1.56 bits per heavy atom. The Hall–Kier alpha value is -0.770. The van der Waals surface area contributed by atoms with Crippen LogP contribution in [0.25, 0.3) is 0 Å². The molecule has 0 heterocycles. The van der Waals surface area contributed by atoms with E-state index in [9.17, 15) is 0 Å². The van der Waals surface area contributed by atoms with E-state index >= 15 is 0 Å². The maximum atomic E-state index is 5.93. The molecule has 0 fully saturated rings. The predicted octanol–water partition coefficient (Wildman–Crippen LogP) is 1.37. The minimum absolute atomic E-state index is 0.462. The summed E-state index contributed by atoms with van der Waals surface area (Å²) in [5.41, 5.74) is 5.93. The van der Waals surface area contributed by atoms with Crippen LogP contribution >= 0.6 is 0 Å². The molecule has 0 radical (unpaired) electrons. The van der Waals surface area contributed by atoms with Gasteiger partial charge in [0.05, 0.1) is 6.54 Å². The maximum absolute atomic E-state index is 5.93. The molecular formula is C12H28N4. The van der Waals surface area contributed by atoms with Crippen LogP contribution in [-0.2, 0) is 0 Å². The lowest BCUT2D eigenvalue weighted by molar-refractivity contribution is 0.236. The third kappa shape index (κ3) is 4.84. The molecule has 96 valence electrons. The molecular weight excluding hydrogens is 200 g/mol. The third-order valence-corrected chi connectivity index (χ3v) is 3.04. The lowest BCUT2D eigenvalue weighted by Gasteiger charge is -2.26. The molecule has 4 heteroatoms. The van der Waals surface area contributed by atoms with Gasteiger partial charge >= 0.3 is 0 Å². The zero-order valence-corrected chi connectivity index (χ0v) is 11.5. The van der Waals surface area contributed by atoms with Gasteiger partial charge < -0.3 is 10.6 Å². The average molecular weight is 228 g/mol. The van der Waals surface area contributed by atoms with Crippen LogP contribution in [0.2, 0.25) is 0 Å². The summed E-state index contributed by atoms with van der Waals surface area (Å²) in [4.78, 5) is 8.93. The number of nitrogens with zero attached hydrogens (tertiary/aromatic N) is 3. The summed E-state index contributed by atoms with van der Waals surface area (Å²) in [6, 6.07) is 0.462. The number of rotatable bonds is 7. The van der Waals surface area contributed by atoms with E-state index in [0.29, 0.717) is 12.0 Å². The van der Waals surface area contributed by atoms with Crippen LogP contribution in [0.3, 0.4) is 0 Å². The molecule has 1 unspecified atom stereocenters. The Morgan fingerprint density at radius 3 is 1.94 bits per heavy atom. The number of aliphatic imine (C=N–C) groups is 1. The number of guanidine groups is 1. The molecule has 0 saturated heterocycles. The highest BCUT2D eigenvalue weighted by Crippen LogP contribution is 1.99. The van der Waals surface area contributed by atoms with Crippen molar-refractivity contribution in [2.75, 3.05) is 32.7 Å². The van der Waals surface area contributed by atoms with Gasteiger partial charge in [0.25, 0.3) is 0 Å². The predicted molar refractivity (Wildman–Crippen MR) is 71.8 cm³/mol. The number of nitrogens with two attached hydrogens (primary N) is 1. The second-order valence-corrected chi connectivity index (χ2v) is 3.94. The van der Waals surface area contributed by atoms with Gasteiger partial charge in [-0.25, -0.2) is 0 Å².